The molecule has 1 rings (SSSR count). The average molecular weight is 288 g/mol. The van der Waals surface area contributed by atoms with Crippen LogP contribution in [0.25, 0.3) is 0 Å². The molecule has 0 N–H and O–H groups in total. The van der Waals surface area contributed by atoms with Gasteiger partial charge in [-0.15, -0.1) is 12.4 Å². The van der Waals surface area contributed by atoms with Crippen LogP contribution in [0.1, 0.15) is 0 Å². The molecule has 0 spiro atoms. The molecular formula is C9H10Cl4N2. The molecule has 1 aromatic carbocycles. The van der Waals surface area contributed by atoms with E-state index in [4.69, 9.17) is 34.8 Å². The first-order chi connectivity index (χ1) is 6.52. The number of hydrogen-bond acceptors (Lipinski definition) is 1. The number of benzene rings is 1. The average Bonchev–Trinajstić information content (AvgIpc) is 2.11. The molecule has 0 fully saturated rings. The minimum Gasteiger partial charge on any atom is -0.353 e. The van der Waals surface area contributed by atoms with Gasteiger partial charge >= 0.3 is 0 Å². The number of hydrogen-bond donors (Lipinski definition) is 0. The molecule has 84 valence electrons. The van der Waals surface area contributed by atoms with Gasteiger partial charge in [0.15, 0.2) is 5.29 Å². The molecule has 0 aromatic heterocycles. The normalized spacial score (nSPS) is 10.9. The highest BCUT2D eigenvalue weighted by atomic mass is 35.5. The lowest BCUT2D eigenvalue weighted by atomic mass is 10.3. The van der Waals surface area contributed by atoms with E-state index in [9.17, 15) is 0 Å². The fraction of sp³-hybridized carbons (Fsp3) is 0.222. The van der Waals surface area contributed by atoms with Crippen LogP contribution in [0, 0.1) is 0 Å². The molecular weight excluding hydrogens is 278 g/mol. The fourth-order valence-corrected chi connectivity index (χ4v) is 1.35. The largest absolute Gasteiger partial charge is 0.353 e. The molecule has 0 heterocycles. The quantitative estimate of drug-likeness (QED) is 0.429. The maximum absolute atomic E-state index is 5.91. The van der Waals surface area contributed by atoms with Crippen LogP contribution in [0.5, 0.6) is 0 Å². The van der Waals surface area contributed by atoms with Gasteiger partial charge in [-0.05, 0) is 23.7 Å². The predicted molar refractivity (Wildman–Crippen MR) is 70.3 cm³/mol. The van der Waals surface area contributed by atoms with Gasteiger partial charge in [-0.2, -0.15) is 0 Å². The first kappa shape index (κ1) is 14.8. The van der Waals surface area contributed by atoms with Crippen molar-refractivity contribution in [2.75, 3.05) is 14.1 Å². The van der Waals surface area contributed by atoms with Gasteiger partial charge in [-0.1, -0.05) is 29.3 Å². The smallest absolute Gasteiger partial charge is 0.198 e. The Balaban J connectivity index is 0.00000196. The van der Waals surface area contributed by atoms with E-state index in [0.29, 0.717) is 21.0 Å². The Bertz CT molecular complexity index is 343. The van der Waals surface area contributed by atoms with E-state index in [1.807, 2.05) is 0 Å². The van der Waals surface area contributed by atoms with Crippen LogP contribution in [0.4, 0.5) is 5.69 Å². The van der Waals surface area contributed by atoms with E-state index < -0.39 is 0 Å². The van der Waals surface area contributed by atoms with Crippen LogP contribution >= 0.6 is 47.2 Å². The van der Waals surface area contributed by atoms with Crippen molar-refractivity contribution < 1.29 is 0 Å². The van der Waals surface area contributed by atoms with Crippen molar-refractivity contribution in [3.8, 4) is 0 Å². The van der Waals surface area contributed by atoms with Crippen molar-refractivity contribution in [2.24, 2.45) is 4.99 Å². The highest BCUT2D eigenvalue weighted by molar-refractivity contribution is 6.64. The van der Waals surface area contributed by atoms with E-state index in [-0.39, 0.29) is 12.4 Å². The van der Waals surface area contributed by atoms with Crippen molar-refractivity contribution in [3.63, 3.8) is 0 Å². The van der Waals surface area contributed by atoms with Gasteiger partial charge in [0, 0.05) is 14.1 Å². The molecule has 15 heavy (non-hydrogen) atoms. The third-order valence-corrected chi connectivity index (χ3v) is 2.54. The lowest BCUT2D eigenvalue weighted by Gasteiger charge is -2.09. The number of amidine groups is 1. The molecule has 0 saturated carbocycles. The molecule has 0 radical (unpaired) electrons. The van der Waals surface area contributed by atoms with Gasteiger partial charge in [0.2, 0.25) is 0 Å². The number of para-hydroxylation sites is 1. The van der Waals surface area contributed by atoms with Crippen LogP contribution in [-0.2, 0) is 0 Å². The minimum atomic E-state index is 0. The Labute approximate surface area is 110 Å². The highest BCUT2D eigenvalue weighted by Crippen LogP contribution is 2.33. The Hall–Kier alpha value is -0.150. The van der Waals surface area contributed by atoms with Crippen molar-refractivity contribution in [1.82, 2.24) is 4.90 Å². The van der Waals surface area contributed by atoms with Crippen LogP contribution in [0.2, 0.25) is 10.0 Å². The Morgan fingerprint density at radius 1 is 1.20 bits per heavy atom. The summed E-state index contributed by atoms with van der Waals surface area (Å²) in [5.41, 5.74) is 0.495. The molecule has 0 aliphatic heterocycles. The number of rotatable bonds is 1. The summed E-state index contributed by atoms with van der Waals surface area (Å²) in [6.45, 7) is 0. The maximum atomic E-state index is 5.91. The molecule has 0 atom stereocenters. The Morgan fingerprint density at radius 2 is 1.67 bits per heavy atom. The molecule has 0 amide bonds. The number of nitrogens with zero attached hydrogens (tertiary/aromatic N) is 2. The standard InChI is InChI=1S/C9H9Cl3N2.ClH/c1-14(2)9(12)13-8-6(10)4-3-5-7(8)11;/h3-5H,1-2H3;1H. The molecule has 0 bridgehead atoms. The zero-order valence-electron chi connectivity index (χ0n) is 8.17. The van der Waals surface area contributed by atoms with Crippen LogP contribution < -0.4 is 0 Å². The molecule has 6 heteroatoms. The van der Waals surface area contributed by atoms with E-state index >= 15 is 0 Å². The van der Waals surface area contributed by atoms with E-state index in [1.165, 1.54) is 0 Å². The number of aliphatic imine (C=N–C) groups is 1. The van der Waals surface area contributed by atoms with Gasteiger partial charge in [-0.25, -0.2) is 4.99 Å². The zero-order chi connectivity index (χ0) is 10.7. The molecule has 0 saturated heterocycles. The van der Waals surface area contributed by atoms with Gasteiger partial charge in [0.25, 0.3) is 0 Å². The second kappa shape index (κ2) is 6.44. The van der Waals surface area contributed by atoms with Crippen molar-refractivity contribution in [3.05, 3.63) is 28.2 Å². The van der Waals surface area contributed by atoms with Gasteiger partial charge < -0.3 is 4.90 Å². The summed E-state index contributed by atoms with van der Waals surface area (Å²) < 4.78 is 0. The molecule has 2 nitrogen and oxygen atoms in total. The lowest BCUT2D eigenvalue weighted by Crippen LogP contribution is -2.15. The molecule has 0 unspecified atom stereocenters. The second-order valence-electron chi connectivity index (χ2n) is 2.85. The van der Waals surface area contributed by atoms with E-state index in [2.05, 4.69) is 4.99 Å². The third kappa shape index (κ3) is 4.07. The lowest BCUT2D eigenvalue weighted by molar-refractivity contribution is 0.635. The van der Waals surface area contributed by atoms with E-state index in [1.54, 1.807) is 37.2 Å². The molecule has 0 aliphatic carbocycles. The fourth-order valence-electron chi connectivity index (χ4n) is 0.788. The summed E-state index contributed by atoms with van der Waals surface area (Å²) in [5.74, 6) is 0. The third-order valence-electron chi connectivity index (χ3n) is 1.51. The van der Waals surface area contributed by atoms with Crippen LogP contribution in [0.3, 0.4) is 0 Å². The molecule has 1 aromatic rings. The van der Waals surface area contributed by atoms with Crippen molar-refractivity contribution >= 4 is 58.2 Å². The van der Waals surface area contributed by atoms with E-state index in [0.717, 1.165) is 0 Å². The SMILES string of the molecule is CN(C)C(Cl)=Nc1c(Cl)cccc1Cl.Cl. The Kier molecular flexibility index (Phi) is 6.37. The summed E-state index contributed by atoms with van der Waals surface area (Å²) in [7, 11) is 3.58. The maximum Gasteiger partial charge on any atom is 0.198 e. The topological polar surface area (TPSA) is 15.6 Å². The summed E-state index contributed by atoms with van der Waals surface area (Å²) in [6.07, 6.45) is 0. The highest BCUT2D eigenvalue weighted by Gasteiger charge is 2.05. The van der Waals surface area contributed by atoms with Gasteiger partial charge in [0.1, 0.15) is 5.69 Å². The summed E-state index contributed by atoms with van der Waals surface area (Å²) in [4.78, 5) is 5.77. The first-order valence-corrected chi connectivity index (χ1v) is 5.01. The van der Waals surface area contributed by atoms with Crippen LogP contribution in [-0.4, -0.2) is 24.3 Å². The summed E-state index contributed by atoms with van der Waals surface area (Å²) in [6, 6.07) is 5.19. The Morgan fingerprint density at radius 3 is 2.07 bits per heavy atom. The second-order valence-corrected chi connectivity index (χ2v) is 4.00. The predicted octanol–water partition coefficient (Wildman–Crippen LogP) is 4.20. The summed E-state index contributed by atoms with van der Waals surface area (Å²) >= 11 is 17.7. The number of halogens is 4. The van der Waals surface area contributed by atoms with Crippen molar-refractivity contribution in [2.45, 2.75) is 0 Å². The minimum absolute atomic E-state index is 0. The first-order valence-electron chi connectivity index (χ1n) is 3.88. The van der Waals surface area contributed by atoms with Gasteiger partial charge in [0.05, 0.1) is 10.0 Å². The molecule has 0 aliphatic rings. The summed E-state index contributed by atoms with van der Waals surface area (Å²) in [5, 5.41) is 1.30. The zero-order valence-corrected chi connectivity index (χ0v) is 11.3. The van der Waals surface area contributed by atoms with Crippen LogP contribution in [0.15, 0.2) is 23.2 Å². The van der Waals surface area contributed by atoms with Crippen molar-refractivity contribution in [1.29, 1.82) is 0 Å². The monoisotopic (exact) mass is 286 g/mol. The van der Waals surface area contributed by atoms with Gasteiger partial charge in [-0.3, -0.25) is 0 Å².